The topological polar surface area (TPSA) is 23.8 Å². The molecule has 4 aromatic rings. The summed E-state index contributed by atoms with van der Waals surface area (Å²) in [6, 6.07) is 16.6. The first-order valence-electron chi connectivity index (χ1n) is 6.25. The van der Waals surface area contributed by atoms with Gasteiger partial charge in [0.15, 0.2) is 0 Å². The molecule has 0 amide bonds. The third kappa shape index (κ3) is 1.66. The number of nitrogens with zero attached hydrogens (tertiary/aromatic N) is 1. The van der Waals surface area contributed by atoms with Crippen LogP contribution in [0.15, 0.2) is 53.2 Å². The summed E-state index contributed by atoms with van der Waals surface area (Å²) < 4.78 is 2.49. The molecule has 20 heavy (non-hydrogen) atoms. The number of thiophene rings is 2. The van der Waals surface area contributed by atoms with Crippen molar-refractivity contribution in [3.63, 3.8) is 0 Å². The van der Waals surface area contributed by atoms with Crippen LogP contribution in [0, 0.1) is 11.3 Å². The maximum Gasteiger partial charge on any atom is 0.0992 e. The molecule has 0 unspecified atom stereocenters. The van der Waals surface area contributed by atoms with Crippen molar-refractivity contribution in [3.8, 4) is 17.2 Å². The minimum atomic E-state index is 0.723. The maximum absolute atomic E-state index is 8.99. The van der Waals surface area contributed by atoms with Gasteiger partial charge in [-0.25, -0.2) is 0 Å². The molecule has 0 N–H and O–H groups in total. The van der Waals surface area contributed by atoms with E-state index >= 15 is 0 Å². The molecule has 0 radical (unpaired) electrons. The second-order valence-corrected chi connectivity index (χ2v) is 6.44. The van der Waals surface area contributed by atoms with Gasteiger partial charge >= 0.3 is 0 Å². The minimum absolute atomic E-state index is 0.723. The second-order valence-electron chi connectivity index (χ2n) is 4.62. The van der Waals surface area contributed by atoms with Crippen molar-refractivity contribution in [2.45, 2.75) is 0 Å². The fraction of sp³-hybridized carbons (Fsp3) is 0. The summed E-state index contributed by atoms with van der Waals surface area (Å²) in [5.41, 5.74) is 3.29. The molecular formula is C17H9NS2. The van der Waals surface area contributed by atoms with Gasteiger partial charge in [-0.2, -0.15) is 5.26 Å². The average Bonchev–Trinajstić information content (AvgIpc) is 3.09. The van der Waals surface area contributed by atoms with Crippen molar-refractivity contribution < 1.29 is 0 Å². The number of rotatable bonds is 1. The van der Waals surface area contributed by atoms with Gasteiger partial charge in [0.1, 0.15) is 0 Å². The van der Waals surface area contributed by atoms with E-state index in [2.05, 4.69) is 47.2 Å². The molecule has 0 saturated carbocycles. The van der Waals surface area contributed by atoms with E-state index in [4.69, 9.17) is 5.26 Å². The van der Waals surface area contributed by atoms with Crippen molar-refractivity contribution in [1.29, 1.82) is 5.26 Å². The number of hydrogen-bond acceptors (Lipinski definition) is 3. The van der Waals surface area contributed by atoms with Crippen molar-refractivity contribution in [1.82, 2.24) is 0 Å². The van der Waals surface area contributed by atoms with Crippen LogP contribution in [0.5, 0.6) is 0 Å². The Morgan fingerprint density at radius 3 is 2.30 bits per heavy atom. The molecule has 2 aromatic carbocycles. The summed E-state index contributed by atoms with van der Waals surface area (Å²) >= 11 is 3.48. The zero-order valence-corrected chi connectivity index (χ0v) is 12.1. The predicted molar refractivity (Wildman–Crippen MR) is 87.4 cm³/mol. The lowest BCUT2D eigenvalue weighted by molar-refractivity contribution is 1.50. The van der Waals surface area contributed by atoms with Crippen molar-refractivity contribution in [2.24, 2.45) is 0 Å². The monoisotopic (exact) mass is 291 g/mol. The second kappa shape index (κ2) is 4.45. The Bertz CT molecular complexity index is 969. The lowest BCUT2D eigenvalue weighted by Crippen LogP contribution is -1.75. The zero-order chi connectivity index (χ0) is 13.5. The Morgan fingerprint density at radius 1 is 0.800 bits per heavy atom. The molecular weight excluding hydrogens is 282 g/mol. The molecule has 2 heterocycles. The Balaban J connectivity index is 2.01. The van der Waals surface area contributed by atoms with Crippen LogP contribution in [0.1, 0.15) is 5.56 Å². The SMILES string of the molecule is N#Cc1ccc2c(-c3csc4ccccc34)csc2c1. The molecule has 1 nitrogen and oxygen atoms in total. The van der Waals surface area contributed by atoms with Gasteiger partial charge in [-0.05, 0) is 29.0 Å². The first-order chi connectivity index (χ1) is 9.86. The first-order valence-corrected chi connectivity index (χ1v) is 8.01. The molecule has 0 saturated heterocycles. The molecule has 0 aliphatic carbocycles. The van der Waals surface area contributed by atoms with Gasteiger partial charge in [0.05, 0.1) is 11.6 Å². The molecule has 0 atom stereocenters. The standard InChI is InChI=1S/C17H9NS2/c18-8-11-5-6-13-15(10-20-17(13)7-11)14-9-19-16-4-2-1-3-12(14)16/h1-7,9-10H. The van der Waals surface area contributed by atoms with E-state index in [0.29, 0.717) is 0 Å². The summed E-state index contributed by atoms with van der Waals surface area (Å²) in [5.74, 6) is 0. The summed E-state index contributed by atoms with van der Waals surface area (Å²) in [4.78, 5) is 0. The Labute approximate surface area is 124 Å². The van der Waals surface area contributed by atoms with Crippen LogP contribution in [0.2, 0.25) is 0 Å². The van der Waals surface area contributed by atoms with Gasteiger partial charge in [0, 0.05) is 31.3 Å². The highest BCUT2D eigenvalue weighted by Gasteiger charge is 2.11. The van der Waals surface area contributed by atoms with Crippen molar-refractivity contribution in [3.05, 3.63) is 58.8 Å². The predicted octanol–water partition coefficient (Wildman–Crippen LogP) is 5.65. The van der Waals surface area contributed by atoms with Crippen molar-refractivity contribution >= 4 is 42.8 Å². The van der Waals surface area contributed by atoms with Gasteiger partial charge in [0.2, 0.25) is 0 Å². The van der Waals surface area contributed by atoms with Crippen LogP contribution in [0.3, 0.4) is 0 Å². The third-order valence-corrected chi connectivity index (χ3v) is 5.38. The lowest BCUT2D eigenvalue weighted by atomic mass is 10.0. The summed E-state index contributed by atoms with van der Waals surface area (Å²) in [6.45, 7) is 0. The number of fused-ring (bicyclic) bond motifs is 2. The Kier molecular flexibility index (Phi) is 2.59. The summed E-state index contributed by atoms with van der Waals surface area (Å²) in [7, 11) is 0. The molecule has 0 fully saturated rings. The van der Waals surface area contributed by atoms with E-state index in [1.54, 1.807) is 22.7 Å². The number of hydrogen-bond donors (Lipinski definition) is 0. The van der Waals surface area contributed by atoms with Gasteiger partial charge in [0.25, 0.3) is 0 Å². The van der Waals surface area contributed by atoms with E-state index < -0.39 is 0 Å². The Morgan fingerprint density at radius 2 is 1.50 bits per heavy atom. The van der Waals surface area contributed by atoms with Gasteiger partial charge in [-0.1, -0.05) is 24.3 Å². The normalized spacial score (nSPS) is 10.9. The van der Waals surface area contributed by atoms with Gasteiger partial charge in [-0.15, -0.1) is 22.7 Å². The molecule has 4 rings (SSSR count). The summed E-state index contributed by atoms with van der Waals surface area (Å²) in [6.07, 6.45) is 0. The van der Waals surface area contributed by atoms with Gasteiger partial charge < -0.3 is 0 Å². The largest absolute Gasteiger partial charge is 0.192 e. The highest BCUT2D eigenvalue weighted by molar-refractivity contribution is 7.18. The van der Waals surface area contributed by atoms with Crippen LogP contribution in [-0.2, 0) is 0 Å². The number of nitriles is 1. The van der Waals surface area contributed by atoms with Crippen molar-refractivity contribution in [2.75, 3.05) is 0 Å². The summed E-state index contributed by atoms with van der Waals surface area (Å²) in [5, 5.41) is 15.9. The van der Waals surface area contributed by atoms with E-state index in [1.165, 1.54) is 31.3 Å². The molecule has 0 spiro atoms. The molecule has 0 aliphatic rings. The molecule has 0 bridgehead atoms. The highest BCUT2D eigenvalue weighted by atomic mass is 32.1. The zero-order valence-electron chi connectivity index (χ0n) is 10.5. The van der Waals surface area contributed by atoms with E-state index in [0.717, 1.165) is 5.56 Å². The fourth-order valence-electron chi connectivity index (χ4n) is 2.49. The molecule has 0 aliphatic heterocycles. The number of benzene rings is 2. The maximum atomic E-state index is 8.99. The van der Waals surface area contributed by atoms with Crippen LogP contribution in [0.25, 0.3) is 31.3 Å². The van der Waals surface area contributed by atoms with Crippen LogP contribution < -0.4 is 0 Å². The quantitative estimate of drug-likeness (QED) is 0.444. The van der Waals surface area contributed by atoms with E-state index in [9.17, 15) is 0 Å². The molecule has 3 heteroatoms. The van der Waals surface area contributed by atoms with Crippen LogP contribution in [-0.4, -0.2) is 0 Å². The smallest absolute Gasteiger partial charge is 0.0992 e. The molecule has 2 aromatic heterocycles. The van der Waals surface area contributed by atoms with Crippen LogP contribution >= 0.6 is 22.7 Å². The highest BCUT2D eigenvalue weighted by Crippen LogP contribution is 2.40. The van der Waals surface area contributed by atoms with E-state index in [1.807, 2.05) is 12.1 Å². The first kappa shape index (κ1) is 11.7. The van der Waals surface area contributed by atoms with Crippen LogP contribution in [0.4, 0.5) is 0 Å². The third-order valence-electron chi connectivity index (χ3n) is 3.48. The lowest BCUT2D eigenvalue weighted by Gasteiger charge is -1.98. The average molecular weight is 291 g/mol. The van der Waals surface area contributed by atoms with Gasteiger partial charge in [-0.3, -0.25) is 0 Å². The minimum Gasteiger partial charge on any atom is -0.192 e. The molecule has 94 valence electrons. The Hall–Kier alpha value is -2.15. The fourth-order valence-corrected chi connectivity index (χ4v) is 4.45. The van der Waals surface area contributed by atoms with E-state index in [-0.39, 0.29) is 0 Å².